The number of halogens is 2. The number of rotatable bonds is 9. The van der Waals surface area contributed by atoms with Gasteiger partial charge < -0.3 is 30.4 Å². The van der Waals surface area contributed by atoms with Crippen LogP contribution in [0.1, 0.15) is 5.56 Å². The normalized spacial score (nSPS) is 11.9. The van der Waals surface area contributed by atoms with Gasteiger partial charge in [-0.05, 0) is 42.0 Å². The predicted octanol–water partition coefficient (Wildman–Crippen LogP) is 2.31. The van der Waals surface area contributed by atoms with E-state index in [9.17, 15) is 9.50 Å². The lowest BCUT2D eigenvalue weighted by Gasteiger charge is -2.14. The van der Waals surface area contributed by atoms with Gasteiger partial charge in [0.05, 0.1) is 20.8 Å². The van der Waals surface area contributed by atoms with Crippen LogP contribution in [0.4, 0.5) is 4.39 Å². The molecule has 0 amide bonds. The van der Waals surface area contributed by atoms with Crippen LogP contribution in [0.5, 0.6) is 17.2 Å². The summed E-state index contributed by atoms with van der Waals surface area (Å²) in [6, 6.07) is 11.1. The van der Waals surface area contributed by atoms with Crippen LogP contribution >= 0.6 is 24.0 Å². The Bertz CT molecular complexity index is 759. The summed E-state index contributed by atoms with van der Waals surface area (Å²) in [6.07, 6.45) is -0.801. The van der Waals surface area contributed by atoms with Crippen molar-refractivity contribution >= 4 is 29.9 Å². The molecule has 7 nitrogen and oxygen atoms in total. The van der Waals surface area contributed by atoms with Crippen molar-refractivity contribution in [3.63, 3.8) is 0 Å². The van der Waals surface area contributed by atoms with Crippen molar-refractivity contribution in [3.05, 3.63) is 53.8 Å². The van der Waals surface area contributed by atoms with E-state index in [0.717, 1.165) is 5.56 Å². The quantitative estimate of drug-likeness (QED) is 0.275. The highest BCUT2D eigenvalue weighted by molar-refractivity contribution is 14.0. The molecule has 0 saturated carbocycles. The first-order chi connectivity index (χ1) is 13.0. The first-order valence-corrected chi connectivity index (χ1v) is 8.33. The summed E-state index contributed by atoms with van der Waals surface area (Å²) in [7, 11) is 3.14. The van der Waals surface area contributed by atoms with Crippen molar-refractivity contribution < 1.29 is 23.7 Å². The molecule has 0 aliphatic carbocycles. The third-order valence-corrected chi connectivity index (χ3v) is 3.65. The van der Waals surface area contributed by atoms with Crippen LogP contribution in [0.15, 0.2) is 47.5 Å². The molecule has 2 aromatic rings. The van der Waals surface area contributed by atoms with E-state index >= 15 is 0 Å². The van der Waals surface area contributed by atoms with Gasteiger partial charge in [0.25, 0.3) is 0 Å². The first-order valence-electron chi connectivity index (χ1n) is 8.33. The fourth-order valence-corrected chi connectivity index (χ4v) is 2.22. The van der Waals surface area contributed by atoms with Crippen molar-refractivity contribution in [3.8, 4) is 17.2 Å². The van der Waals surface area contributed by atoms with Gasteiger partial charge in [-0.2, -0.15) is 0 Å². The molecule has 0 aromatic heterocycles. The van der Waals surface area contributed by atoms with Crippen LogP contribution in [-0.4, -0.2) is 44.5 Å². The maximum Gasteiger partial charge on any atom is 0.189 e. The van der Waals surface area contributed by atoms with E-state index < -0.39 is 6.10 Å². The van der Waals surface area contributed by atoms with Gasteiger partial charge in [-0.1, -0.05) is 6.07 Å². The van der Waals surface area contributed by atoms with Gasteiger partial charge in [-0.25, -0.2) is 9.38 Å². The number of aliphatic hydroxyl groups excluding tert-OH is 1. The number of aliphatic imine (C=N–C) groups is 1. The lowest BCUT2D eigenvalue weighted by molar-refractivity contribution is 0.110. The molecule has 28 heavy (non-hydrogen) atoms. The van der Waals surface area contributed by atoms with Gasteiger partial charge in [0, 0.05) is 6.54 Å². The average molecular weight is 505 g/mol. The minimum atomic E-state index is -0.801. The number of hydrogen-bond donors (Lipinski definition) is 3. The number of aliphatic hydroxyl groups is 1. The van der Waals surface area contributed by atoms with Gasteiger partial charge >= 0.3 is 0 Å². The summed E-state index contributed by atoms with van der Waals surface area (Å²) in [5, 5.41) is 12.8. The second-order valence-electron chi connectivity index (χ2n) is 5.69. The molecule has 0 heterocycles. The van der Waals surface area contributed by atoms with Crippen LogP contribution in [0, 0.1) is 5.82 Å². The van der Waals surface area contributed by atoms with Gasteiger partial charge in [-0.15, -0.1) is 24.0 Å². The van der Waals surface area contributed by atoms with Crippen molar-refractivity contribution in [2.45, 2.75) is 12.6 Å². The van der Waals surface area contributed by atoms with Crippen molar-refractivity contribution in [2.75, 3.05) is 27.4 Å². The lowest BCUT2D eigenvalue weighted by Crippen LogP contribution is -2.39. The summed E-state index contributed by atoms with van der Waals surface area (Å²) >= 11 is 0. The van der Waals surface area contributed by atoms with Crippen LogP contribution in [0.3, 0.4) is 0 Å². The van der Waals surface area contributed by atoms with Crippen LogP contribution in [0.2, 0.25) is 0 Å². The Morgan fingerprint density at radius 2 is 1.82 bits per heavy atom. The number of guanidine groups is 1. The number of methoxy groups -OCH3 is 2. The topological polar surface area (TPSA) is 98.3 Å². The Labute approximate surface area is 180 Å². The smallest absolute Gasteiger partial charge is 0.189 e. The number of nitrogens with zero attached hydrogens (tertiary/aromatic N) is 1. The highest BCUT2D eigenvalue weighted by atomic mass is 127. The molecule has 0 aliphatic heterocycles. The maximum absolute atomic E-state index is 12.8. The summed E-state index contributed by atoms with van der Waals surface area (Å²) in [4.78, 5) is 4.22. The highest BCUT2D eigenvalue weighted by Crippen LogP contribution is 2.27. The van der Waals surface area contributed by atoms with E-state index in [4.69, 9.17) is 19.9 Å². The molecule has 0 radical (unpaired) electrons. The molecule has 154 valence electrons. The SMILES string of the molecule is COc1ccc(CN=C(N)NCC(O)COc2ccc(F)cc2)cc1OC.I. The first kappa shape index (κ1) is 23.8. The van der Waals surface area contributed by atoms with Gasteiger partial charge in [-0.3, -0.25) is 0 Å². The molecule has 1 atom stereocenters. The fourth-order valence-electron chi connectivity index (χ4n) is 2.22. The van der Waals surface area contributed by atoms with Gasteiger partial charge in [0.15, 0.2) is 17.5 Å². The molecular formula is C19H25FIN3O4. The second-order valence-corrected chi connectivity index (χ2v) is 5.69. The Morgan fingerprint density at radius 3 is 2.46 bits per heavy atom. The lowest BCUT2D eigenvalue weighted by atomic mass is 10.2. The van der Waals surface area contributed by atoms with Crippen molar-refractivity contribution in [2.24, 2.45) is 10.7 Å². The zero-order valence-electron chi connectivity index (χ0n) is 15.7. The minimum Gasteiger partial charge on any atom is -0.493 e. The summed E-state index contributed by atoms with van der Waals surface area (Å²) < 4.78 is 28.6. The second kappa shape index (κ2) is 12.2. The predicted molar refractivity (Wildman–Crippen MR) is 116 cm³/mol. The fraction of sp³-hybridized carbons (Fsp3) is 0.316. The number of hydrogen-bond acceptors (Lipinski definition) is 5. The number of ether oxygens (including phenoxy) is 3. The molecule has 1 unspecified atom stereocenters. The summed E-state index contributed by atoms with van der Waals surface area (Å²) in [5.74, 6) is 1.59. The molecule has 0 aliphatic rings. The molecule has 0 saturated heterocycles. The molecule has 4 N–H and O–H groups in total. The monoisotopic (exact) mass is 505 g/mol. The van der Waals surface area contributed by atoms with E-state index in [2.05, 4.69) is 10.3 Å². The molecular weight excluding hydrogens is 480 g/mol. The van der Waals surface area contributed by atoms with Crippen LogP contribution in [0.25, 0.3) is 0 Å². The van der Waals surface area contributed by atoms with Crippen LogP contribution in [-0.2, 0) is 6.54 Å². The van der Waals surface area contributed by atoms with E-state index in [-0.39, 0.29) is 48.9 Å². The Hall–Kier alpha value is -2.27. The highest BCUT2D eigenvalue weighted by Gasteiger charge is 2.07. The minimum absolute atomic E-state index is 0. The van der Waals surface area contributed by atoms with Gasteiger partial charge in [0.1, 0.15) is 24.3 Å². The Balaban J connectivity index is 0.00000392. The summed E-state index contributed by atoms with van der Waals surface area (Å²) in [5.41, 5.74) is 6.71. The molecule has 2 rings (SSSR count). The molecule has 0 bridgehead atoms. The number of benzene rings is 2. The van der Waals surface area contributed by atoms with E-state index in [1.54, 1.807) is 20.3 Å². The Morgan fingerprint density at radius 1 is 1.14 bits per heavy atom. The van der Waals surface area contributed by atoms with E-state index in [1.165, 1.54) is 24.3 Å². The third-order valence-electron chi connectivity index (χ3n) is 3.65. The largest absolute Gasteiger partial charge is 0.493 e. The molecule has 2 aromatic carbocycles. The van der Waals surface area contributed by atoms with Crippen LogP contribution < -0.4 is 25.3 Å². The zero-order valence-corrected chi connectivity index (χ0v) is 18.1. The molecule has 0 fully saturated rings. The molecule has 0 spiro atoms. The van der Waals surface area contributed by atoms with E-state index in [0.29, 0.717) is 23.8 Å². The Kier molecular flexibility index (Phi) is 10.4. The summed E-state index contributed by atoms with van der Waals surface area (Å²) in [6.45, 7) is 0.561. The maximum atomic E-state index is 12.8. The average Bonchev–Trinajstić information content (AvgIpc) is 2.69. The molecule has 9 heteroatoms. The standard InChI is InChI=1S/C19H24FN3O4.HI/c1-25-17-8-3-13(9-18(17)26-2)10-22-19(21)23-11-15(24)12-27-16-6-4-14(20)5-7-16;/h3-9,15,24H,10-12H2,1-2H3,(H3,21,22,23);1H. The van der Waals surface area contributed by atoms with Gasteiger partial charge in [0.2, 0.25) is 0 Å². The number of nitrogens with two attached hydrogens (primary N) is 1. The third kappa shape index (κ3) is 7.77. The van der Waals surface area contributed by atoms with Crippen molar-refractivity contribution in [1.82, 2.24) is 5.32 Å². The number of nitrogens with one attached hydrogen (secondary N) is 1. The van der Waals surface area contributed by atoms with E-state index in [1.807, 2.05) is 12.1 Å². The van der Waals surface area contributed by atoms with Crippen molar-refractivity contribution in [1.29, 1.82) is 0 Å². The zero-order chi connectivity index (χ0) is 19.6.